The number of aliphatic carboxylic acids is 1. The molecule has 1 aliphatic rings. The minimum Gasteiger partial charge on any atom is -0.493 e. The van der Waals surface area contributed by atoms with Gasteiger partial charge in [0, 0.05) is 11.5 Å². The second-order valence-corrected chi connectivity index (χ2v) is 4.91. The largest absolute Gasteiger partial charge is 0.493 e. The van der Waals surface area contributed by atoms with Crippen LogP contribution in [0.5, 0.6) is 11.5 Å². The number of carbonyl (C=O) groups is 1. The zero-order valence-electron chi connectivity index (χ0n) is 9.51. The number of carboxylic acid groups (broad SMARTS) is 1. The topological polar surface area (TPSA) is 55.8 Å². The summed E-state index contributed by atoms with van der Waals surface area (Å²) < 4.78 is 11.0. The average molecular weight is 254 g/mol. The zero-order chi connectivity index (χ0) is 12.3. The molecule has 17 heavy (non-hydrogen) atoms. The van der Waals surface area contributed by atoms with Crippen molar-refractivity contribution in [1.29, 1.82) is 0 Å². The van der Waals surface area contributed by atoms with E-state index in [9.17, 15) is 4.79 Å². The maximum Gasteiger partial charge on any atom is 0.307 e. The first-order valence-corrected chi connectivity index (χ1v) is 6.47. The summed E-state index contributed by atoms with van der Waals surface area (Å²) >= 11 is 1.83. The molecule has 5 heteroatoms. The van der Waals surface area contributed by atoms with Crippen LogP contribution in [0, 0.1) is 0 Å². The second-order valence-electron chi connectivity index (χ2n) is 3.83. The third-order valence-corrected chi connectivity index (χ3v) is 3.70. The molecule has 0 aliphatic carbocycles. The maximum absolute atomic E-state index is 10.6. The van der Waals surface area contributed by atoms with Gasteiger partial charge < -0.3 is 14.6 Å². The van der Waals surface area contributed by atoms with Crippen LogP contribution in [0.15, 0.2) is 18.2 Å². The lowest BCUT2D eigenvalue weighted by Crippen LogP contribution is -2.31. The van der Waals surface area contributed by atoms with Crippen LogP contribution >= 0.6 is 11.8 Å². The fraction of sp³-hybridized carbons (Fsp3) is 0.417. The summed E-state index contributed by atoms with van der Waals surface area (Å²) in [5.74, 6) is 2.39. The van der Waals surface area contributed by atoms with Gasteiger partial charge in [-0.1, -0.05) is 6.07 Å². The molecule has 0 aromatic heterocycles. The Morgan fingerprint density at radius 1 is 1.47 bits per heavy atom. The van der Waals surface area contributed by atoms with Crippen LogP contribution in [-0.4, -0.2) is 35.8 Å². The molecular formula is C12H14O4S. The standard InChI is InChI=1S/C12H14O4S/c1-15-10-3-2-8(5-12(13)14)4-11(10)16-9-6-17-7-9/h2-4,9H,5-7H2,1H3,(H,13,14). The first-order valence-electron chi connectivity index (χ1n) is 5.32. The van der Waals surface area contributed by atoms with Gasteiger partial charge in [0.05, 0.1) is 13.5 Å². The fourth-order valence-electron chi connectivity index (χ4n) is 1.56. The molecule has 1 aromatic carbocycles. The smallest absolute Gasteiger partial charge is 0.307 e. The average Bonchev–Trinajstić information content (AvgIpc) is 2.23. The summed E-state index contributed by atoms with van der Waals surface area (Å²) in [7, 11) is 1.58. The van der Waals surface area contributed by atoms with Crippen molar-refractivity contribution in [3.63, 3.8) is 0 Å². The van der Waals surface area contributed by atoms with Crippen molar-refractivity contribution in [3.8, 4) is 11.5 Å². The van der Waals surface area contributed by atoms with Gasteiger partial charge in [0.2, 0.25) is 0 Å². The van der Waals surface area contributed by atoms with Gasteiger partial charge >= 0.3 is 5.97 Å². The quantitative estimate of drug-likeness (QED) is 0.868. The third kappa shape index (κ3) is 3.06. The van der Waals surface area contributed by atoms with Crippen LogP contribution in [0.2, 0.25) is 0 Å². The summed E-state index contributed by atoms with van der Waals surface area (Å²) in [4.78, 5) is 10.6. The highest BCUT2D eigenvalue weighted by Crippen LogP contribution is 2.32. The molecule has 1 saturated heterocycles. The van der Waals surface area contributed by atoms with Crippen LogP contribution in [0.25, 0.3) is 0 Å². The van der Waals surface area contributed by atoms with E-state index >= 15 is 0 Å². The lowest BCUT2D eigenvalue weighted by atomic mass is 10.1. The molecule has 4 nitrogen and oxygen atoms in total. The highest BCUT2D eigenvalue weighted by Gasteiger charge is 2.21. The van der Waals surface area contributed by atoms with Crippen molar-refractivity contribution in [2.24, 2.45) is 0 Å². The molecule has 0 saturated carbocycles. The van der Waals surface area contributed by atoms with Crippen molar-refractivity contribution in [1.82, 2.24) is 0 Å². The highest BCUT2D eigenvalue weighted by molar-refractivity contribution is 8.00. The Kier molecular flexibility index (Phi) is 3.78. The van der Waals surface area contributed by atoms with Gasteiger partial charge in [-0.05, 0) is 17.7 Å². The van der Waals surface area contributed by atoms with Crippen LogP contribution in [0.4, 0.5) is 0 Å². The van der Waals surface area contributed by atoms with Gasteiger partial charge in [0.25, 0.3) is 0 Å². The number of ether oxygens (including phenoxy) is 2. The van der Waals surface area contributed by atoms with E-state index in [1.165, 1.54) is 0 Å². The van der Waals surface area contributed by atoms with Gasteiger partial charge in [-0.15, -0.1) is 0 Å². The van der Waals surface area contributed by atoms with E-state index in [1.54, 1.807) is 25.3 Å². The van der Waals surface area contributed by atoms with Crippen LogP contribution in [-0.2, 0) is 11.2 Å². The molecule has 0 atom stereocenters. The first-order chi connectivity index (χ1) is 8.19. The molecular weight excluding hydrogens is 240 g/mol. The van der Waals surface area contributed by atoms with E-state index in [2.05, 4.69) is 0 Å². The molecule has 1 heterocycles. The SMILES string of the molecule is COc1ccc(CC(=O)O)cc1OC1CSC1. The van der Waals surface area contributed by atoms with Gasteiger partial charge in [0.1, 0.15) is 6.10 Å². The minimum absolute atomic E-state index is 0.000227. The molecule has 0 spiro atoms. The van der Waals surface area contributed by atoms with E-state index in [0.717, 1.165) is 17.1 Å². The lowest BCUT2D eigenvalue weighted by Gasteiger charge is -2.26. The zero-order valence-corrected chi connectivity index (χ0v) is 10.3. The number of rotatable bonds is 5. The maximum atomic E-state index is 10.6. The first kappa shape index (κ1) is 12.1. The van der Waals surface area contributed by atoms with Crippen LogP contribution in [0.3, 0.4) is 0 Å². The Morgan fingerprint density at radius 2 is 2.24 bits per heavy atom. The summed E-state index contributed by atoms with van der Waals surface area (Å²) in [6, 6.07) is 5.24. The van der Waals surface area contributed by atoms with Crippen molar-refractivity contribution in [2.75, 3.05) is 18.6 Å². The van der Waals surface area contributed by atoms with E-state index in [1.807, 2.05) is 11.8 Å². The Hall–Kier alpha value is -1.36. The molecule has 0 bridgehead atoms. The van der Waals surface area contributed by atoms with E-state index in [-0.39, 0.29) is 12.5 Å². The van der Waals surface area contributed by atoms with E-state index < -0.39 is 5.97 Å². The number of carboxylic acids is 1. The molecule has 0 radical (unpaired) electrons. The lowest BCUT2D eigenvalue weighted by molar-refractivity contribution is -0.136. The van der Waals surface area contributed by atoms with E-state index in [0.29, 0.717) is 11.5 Å². The van der Waals surface area contributed by atoms with Crippen LogP contribution in [0.1, 0.15) is 5.56 Å². The predicted octanol–water partition coefficient (Wildman–Crippen LogP) is 1.82. The molecule has 92 valence electrons. The molecule has 0 amide bonds. The minimum atomic E-state index is -0.847. The Labute approximate surface area is 104 Å². The summed E-state index contributed by atoms with van der Waals surface area (Å²) in [5, 5.41) is 8.75. The Morgan fingerprint density at radius 3 is 2.76 bits per heavy atom. The van der Waals surface area contributed by atoms with Gasteiger partial charge in [-0.3, -0.25) is 4.79 Å². The monoisotopic (exact) mass is 254 g/mol. The van der Waals surface area contributed by atoms with Crippen LogP contribution < -0.4 is 9.47 Å². The number of hydrogen-bond acceptors (Lipinski definition) is 4. The van der Waals surface area contributed by atoms with E-state index in [4.69, 9.17) is 14.6 Å². The molecule has 2 rings (SSSR count). The van der Waals surface area contributed by atoms with Gasteiger partial charge in [-0.25, -0.2) is 0 Å². The number of hydrogen-bond donors (Lipinski definition) is 1. The summed E-state index contributed by atoms with van der Waals surface area (Å²) in [6.45, 7) is 0. The highest BCUT2D eigenvalue weighted by atomic mass is 32.2. The van der Waals surface area contributed by atoms with Gasteiger partial charge in [0.15, 0.2) is 11.5 Å². The summed E-state index contributed by atoms with van der Waals surface area (Å²) in [5.41, 5.74) is 0.722. The Bertz CT molecular complexity index is 415. The number of thioether (sulfide) groups is 1. The van der Waals surface area contributed by atoms with Crippen molar-refractivity contribution < 1.29 is 19.4 Å². The molecule has 1 aliphatic heterocycles. The normalized spacial score (nSPS) is 15.1. The number of methoxy groups -OCH3 is 1. The fourth-order valence-corrected chi connectivity index (χ4v) is 2.12. The number of benzene rings is 1. The molecule has 0 unspecified atom stereocenters. The van der Waals surface area contributed by atoms with Crippen molar-refractivity contribution in [3.05, 3.63) is 23.8 Å². The summed E-state index contributed by atoms with van der Waals surface area (Å²) in [6.07, 6.45) is 0.216. The van der Waals surface area contributed by atoms with Gasteiger partial charge in [-0.2, -0.15) is 11.8 Å². The van der Waals surface area contributed by atoms with Crippen molar-refractivity contribution in [2.45, 2.75) is 12.5 Å². The molecule has 1 N–H and O–H groups in total. The second kappa shape index (κ2) is 5.31. The Balaban J connectivity index is 2.15. The third-order valence-electron chi connectivity index (χ3n) is 2.48. The molecule has 1 aromatic rings. The predicted molar refractivity (Wildman–Crippen MR) is 66.1 cm³/mol. The molecule has 1 fully saturated rings. The van der Waals surface area contributed by atoms with Crippen molar-refractivity contribution >= 4 is 17.7 Å².